The second-order valence-corrected chi connectivity index (χ2v) is 7.12. The van der Waals surface area contributed by atoms with E-state index in [0.717, 1.165) is 37.4 Å². The molecule has 1 saturated heterocycles. The fraction of sp³-hybridized carbons (Fsp3) is 0.444. The first kappa shape index (κ1) is 17.0. The number of halogens is 1. The highest BCUT2D eigenvalue weighted by molar-refractivity contribution is 9.10. The van der Waals surface area contributed by atoms with Gasteiger partial charge in [0.25, 0.3) is 5.56 Å². The first-order valence-electron chi connectivity index (χ1n) is 8.16. The third-order valence-corrected chi connectivity index (χ3v) is 5.37. The molecule has 0 aliphatic carbocycles. The van der Waals surface area contributed by atoms with E-state index in [0.29, 0.717) is 4.47 Å². The Hall–Kier alpha value is -1.82. The summed E-state index contributed by atoms with van der Waals surface area (Å²) in [7, 11) is 1.65. The van der Waals surface area contributed by atoms with E-state index in [1.54, 1.807) is 13.2 Å². The van der Waals surface area contributed by atoms with Crippen LogP contribution in [0.5, 0.6) is 5.75 Å². The summed E-state index contributed by atoms with van der Waals surface area (Å²) in [5.74, 6) is 0.938. The van der Waals surface area contributed by atoms with Crippen molar-refractivity contribution < 1.29 is 4.74 Å². The van der Waals surface area contributed by atoms with Gasteiger partial charge in [0, 0.05) is 33.0 Å². The van der Waals surface area contributed by atoms with Crippen LogP contribution >= 0.6 is 15.9 Å². The Morgan fingerprint density at radius 2 is 1.92 bits per heavy atom. The van der Waals surface area contributed by atoms with Gasteiger partial charge in [0.2, 0.25) is 0 Å². The normalized spacial score (nSPS) is 15.6. The lowest BCUT2D eigenvalue weighted by Crippen LogP contribution is -2.39. The molecule has 0 atom stereocenters. The van der Waals surface area contributed by atoms with E-state index in [4.69, 9.17) is 4.74 Å². The van der Waals surface area contributed by atoms with E-state index in [-0.39, 0.29) is 11.7 Å². The average molecular weight is 392 g/mol. The molecule has 0 saturated carbocycles. The second-order valence-electron chi connectivity index (χ2n) is 6.32. The Labute approximate surface area is 150 Å². The highest BCUT2D eigenvalue weighted by Gasteiger charge is 2.23. The number of anilines is 1. The van der Waals surface area contributed by atoms with Crippen LogP contribution in [0.4, 0.5) is 5.69 Å². The molecule has 3 rings (SSSR count). The SMILES string of the molecule is Cc1ccc(OC2CCN(c3cnn(C)c(=O)c3Br)CC2)cc1C. The molecule has 1 aliphatic rings. The summed E-state index contributed by atoms with van der Waals surface area (Å²) in [5.41, 5.74) is 3.28. The number of benzene rings is 1. The zero-order valence-electron chi connectivity index (χ0n) is 14.3. The minimum Gasteiger partial charge on any atom is -0.490 e. The molecule has 6 heteroatoms. The zero-order valence-corrected chi connectivity index (χ0v) is 15.8. The van der Waals surface area contributed by atoms with E-state index in [1.165, 1.54) is 15.8 Å². The maximum Gasteiger partial charge on any atom is 0.282 e. The fourth-order valence-electron chi connectivity index (χ4n) is 2.92. The van der Waals surface area contributed by atoms with Crippen LogP contribution in [-0.2, 0) is 7.05 Å². The van der Waals surface area contributed by atoms with Gasteiger partial charge in [-0.2, -0.15) is 5.10 Å². The maximum absolute atomic E-state index is 12.0. The van der Waals surface area contributed by atoms with Crippen molar-refractivity contribution in [1.29, 1.82) is 0 Å². The molecule has 1 aromatic heterocycles. The van der Waals surface area contributed by atoms with Crippen LogP contribution in [0.15, 0.2) is 33.7 Å². The molecule has 2 heterocycles. The molecular weight excluding hydrogens is 370 g/mol. The minimum absolute atomic E-state index is 0.110. The topological polar surface area (TPSA) is 47.4 Å². The first-order chi connectivity index (χ1) is 11.5. The molecule has 128 valence electrons. The van der Waals surface area contributed by atoms with Crippen molar-refractivity contribution in [1.82, 2.24) is 9.78 Å². The van der Waals surface area contributed by atoms with Gasteiger partial charge in [0.15, 0.2) is 0 Å². The number of hydrogen-bond acceptors (Lipinski definition) is 4. The van der Waals surface area contributed by atoms with Crippen LogP contribution < -0.4 is 15.2 Å². The third-order valence-electron chi connectivity index (χ3n) is 4.62. The number of hydrogen-bond donors (Lipinski definition) is 0. The van der Waals surface area contributed by atoms with Gasteiger partial charge in [-0.3, -0.25) is 4.79 Å². The molecule has 5 nitrogen and oxygen atoms in total. The van der Waals surface area contributed by atoms with Gasteiger partial charge in [0.1, 0.15) is 16.3 Å². The van der Waals surface area contributed by atoms with E-state index in [9.17, 15) is 4.79 Å². The van der Waals surface area contributed by atoms with Crippen molar-refractivity contribution in [2.24, 2.45) is 7.05 Å². The van der Waals surface area contributed by atoms with E-state index < -0.39 is 0 Å². The van der Waals surface area contributed by atoms with E-state index in [2.05, 4.69) is 51.9 Å². The van der Waals surface area contributed by atoms with Crippen LogP contribution in [0.25, 0.3) is 0 Å². The Balaban J connectivity index is 1.64. The summed E-state index contributed by atoms with van der Waals surface area (Å²) < 4.78 is 8.04. The van der Waals surface area contributed by atoms with Gasteiger partial charge < -0.3 is 9.64 Å². The van der Waals surface area contributed by atoms with Gasteiger partial charge in [0.05, 0.1) is 11.9 Å². The Kier molecular flexibility index (Phi) is 4.94. The van der Waals surface area contributed by atoms with Crippen molar-refractivity contribution in [3.05, 3.63) is 50.3 Å². The van der Waals surface area contributed by atoms with Crippen LogP contribution in [0.3, 0.4) is 0 Å². The largest absolute Gasteiger partial charge is 0.490 e. The summed E-state index contributed by atoms with van der Waals surface area (Å²) in [4.78, 5) is 14.2. The Morgan fingerprint density at radius 3 is 2.58 bits per heavy atom. The van der Waals surface area contributed by atoms with Crippen molar-refractivity contribution >= 4 is 21.6 Å². The van der Waals surface area contributed by atoms with Gasteiger partial charge >= 0.3 is 0 Å². The monoisotopic (exact) mass is 391 g/mol. The number of ether oxygens (including phenoxy) is 1. The Morgan fingerprint density at radius 1 is 1.21 bits per heavy atom. The Bertz CT molecular complexity index is 795. The van der Waals surface area contributed by atoms with Crippen molar-refractivity contribution in [2.75, 3.05) is 18.0 Å². The maximum atomic E-state index is 12.0. The van der Waals surface area contributed by atoms with Crippen LogP contribution in [-0.4, -0.2) is 29.0 Å². The van der Waals surface area contributed by atoms with Crippen LogP contribution in [0.1, 0.15) is 24.0 Å². The minimum atomic E-state index is -0.110. The molecule has 0 amide bonds. The van der Waals surface area contributed by atoms with Gasteiger partial charge in [-0.1, -0.05) is 6.07 Å². The molecule has 0 bridgehead atoms. The average Bonchev–Trinajstić information content (AvgIpc) is 2.57. The molecule has 1 aromatic carbocycles. The highest BCUT2D eigenvalue weighted by atomic mass is 79.9. The standard InChI is InChI=1S/C18H22BrN3O2/c1-12-4-5-15(10-13(12)2)24-14-6-8-22(9-7-14)16-11-20-21(3)18(23)17(16)19/h4-5,10-11,14H,6-9H2,1-3H3. The number of piperidine rings is 1. The molecule has 1 aliphatic heterocycles. The predicted octanol–water partition coefficient (Wildman–Crippen LogP) is 3.21. The van der Waals surface area contributed by atoms with Gasteiger partial charge in [-0.15, -0.1) is 0 Å². The zero-order chi connectivity index (χ0) is 17.3. The molecule has 0 unspecified atom stereocenters. The lowest BCUT2D eigenvalue weighted by atomic mass is 10.1. The van der Waals surface area contributed by atoms with Crippen molar-refractivity contribution in [3.8, 4) is 5.75 Å². The number of rotatable bonds is 3. The summed E-state index contributed by atoms with van der Waals surface area (Å²) >= 11 is 3.40. The van der Waals surface area contributed by atoms with Crippen molar-refractivity contribution in [2.45, 2.75) is 32.8 Å². The summed E-state index contributed by atoms with van der Waals surface area (Å²) in [5, 5.41) is 4.12. The summed E-state index contributed by atoms with van der Waals surface area (Å²) in [6.07, 6.45) is 3.81. The molecule has 0 radical (unpaired) electrons. The van der Waals surface area contributed by atoms with Crippen molar-refractivity contribution in [3.63, 3.8) is 0 Å². The molecule has 0 N–H and O–H groups in total. The number of aryl methyl sites for hydroxylation is 3. The fourth-order valence-corrected chi connectivity index (χ4v) is 3.53. The lowest BCUT2D eigenvalue weighted by Gasteiger charge is -2.34. The molecule has 24 heavy (non-hydrogen) atoms. The van der Waals surface area contributed by atoms with Crippen LogP contribution in [0, 0.1) is 13.8 Å². The molecule has 2 aromatic rings. The quantitative estimate of drug-likeness (QED) is 0.805. The summed E-state index contributed by atoms with van der Waals surface area (Å²) in [6.45, 7) is 5.91. The lowest BCUT2D eigenvalue weighted by molar-refractivity contribution is 0.170. The van der Waals surface area contributed by atoms with E-state index >= 15 is 0 Å². The van der Waals surface area contributed by atoms with E-state index in [1.807, 2.05) is 6.07 Å². The second kappa shape index (κ2) is 6.97. The molecule has 1 fully saturated rings. The molecular formula is C18H22BrN3O2. The predicted molar refractivity (Wildman–Crippen MR) is 99.0 cm³/mol. The highest BCUT2D eigenvalue weighted by Crippen LogP contribution is 2.27. The number of aromatic nitrogens is 2. The molecule has 0 spiro atoms. The van der Waals surface area contributed by atoms with Gasteiger partial charge in [-0.25, -0.2) is 4.68 Å². The number of nitrogens with zero attached hydrogens (tertiary/aromatic N) is 3. The first-order valence-corrected chi connectivity index (χ1v) is 8.95. The smallest absolute Gasteiger partial charge is 0.282 e. The third kappa shape index (κ3) is 3.48. The van der Waals surface area contributed by atoms with Crippen LogP contribution in [0.2, 0.25) is 0 Å². The summed E-state index contributed by atoms with van der Waals surface area (Å²) in [6, 6.07) is 6.24. The van der Waals surface area contributed by atoms with Gasteiger partial charge in [-0.05, 0) is 53.0 Å².